The van der Waals surface area contributed by atoms with E-state index in [0.717, 1.165) is 11.1 Å². The summed E-state index contributed by atoms with van der Waals surface area (Å²) in [7, 11) is 0. The van der Waals surface area contributed by atoms with Crippen molar-refractivity contribution < 1.29 is 24.2 Å². The number of hydrogen-bond donors (Lipinski definition) is 2. The molecular weight excluding hydrogens is 286 g/mol. The molecule has 0 bridgehead atoms. The molecule has 122 valence electrons. The van der Waals surface area contributed by atoms with Crippen LogP contribution in [-0.2, 0) is 9.53 Å². The van der Waals surface area contributed by atoms with Crippen molar-refractivity contribution in [2.24, 2.45) is 5.73 Å². The predicted octanol–water partition coefficient (Wildman–Crippen LogP) is 3.21. The maximum atomic E-state index is 11.8. The molecule has 0 aliphatic rings. The molecule has 0 aliphatic carbocycles. The molecule has 0 amide bonds. The minimum absolute atomic E-state index is 0.161. The first kappa shape index (κ1) is 18.0. The number of carboxylic acids is 1. The first-order valence-electron chi connectivity index (χ1n) is 7.21. The number of carboxylic acid groups (broad SMARTS) is 1. The molecule has 0 aromatic heterocycles. The Morgan fingerprint density at radius 1 is 1.14 bits per heavy atom. The summed E-state index contributed by atoms with van der Waals surface area (Å²) in [5.41, 5.74) is 7.19. The highest BCUT2D eigenvalue weighted by atomic mass is 16.7. The Hall–Kier alpha value is -2.08. The van der Waals surface area contributed by atoms with Crippen molar-refractivity contribution in [1.29, 1.82) is 0 Å². The summed E-state index contributed by atoms with van der Waals surface area (Å²) in [5, 5.41) is 8.61. The SMILES string of the molecule is CC(C)c1cccc(C(C)C)c1OC(=O)OC(N)CC(=O)O. The van der Waals surface area contributed by atoms with Gasteiger partial charge in [0.1, 0.15) is 5.75 Å². The number of nitrogens with two attached hydrogens (primary N) is 1. The number of para-hydroxylation sites is 1. The first-order valence-corrected chi connectivity index (χ1v) is 7.21. The minimum Gasteiger partial charge on any atom is -0.481 e. The van der Waals surface area contributed by atoms with Crippen LogP contribution in [0, 0.1) is 0 Å². The van der Waals surface area contributed by atoms with Crippen molar-refractivity contribution >= 4 is 12.1 Å². The van der Waals surface area contributed by atoms with Gasteiger partial charge in [0.2, 0.25) is 0 Å². The summed E-state index contributed by atoms with van der Waals surface area (Å²) in [4.78, 5) is 22.4. The number of hydrogen-bond acceptors (Lipinski definition) is 5. The third kappa shape index (κ3) is 5.04. The summed E-state index contributed by atoms with van der Waals surface area (Å²) in [6.45, 7) is 7.98. The molecule has 1 aromatic carbocycles. The highest BCUT2D eigenvalue weighted by molar-refractivity contribution is 5.69. The molecule has 0 radical (unpaired) electrons. The quantitative estimate of drug-likeness (QED) is 0.475. The Morgan fingerprint density at radius 3 is 2.05 bits per heavy atom. The lowest BCUT2D eigenvalue weighted by molar-refractivity contribution is -0.139. The van der Waals surface area contributed by atoms with Crippen LogP contribution in [0.1, 0.15) is 57.1 Å². The van der Waals surface area contributed by atoms with E-state index in [4.69, 9.17) is 20.3 Å². The number of benzene rings is 1. The van der Waals surface area contributed by atoms with Gasteiger partial charge in [-0.15, -0.1) is 0 Å². The fraction of sp³-hybridized carbons (Fsp3) is 0.500. The molecule has 1 aromatic rings. The lowest BCUT2D eigenvalue weighted by atomic mass is 9.94. The average Bonchev–Trinajstić information content (AvgIpc) is 2.36. The van der Waals surface area contributed by atoms with Gasteiger partial charge in [-0.2, -0.15) is 0 Å². The molecular formula is C16H23NO5. The summed E-state index contributed by atoms with van der Waals surface area (Å²) >= 11 is 0. The third-order valence-electron chi connectivity index (χ3n) is 3.13. The van der Waals surface area contributed by atoms with Crippen LogP contribution in [0.5, 0.6) is 5.75 Å². The molecule has 1 unspecified atom stereocenters. The van der Waals surface area contributed by atoms with Crippen LogP contribution < -0.4 is 10.5 Å². The van der Waals surface area contributed by atoms with E-state index < -0.39 is 24.8 Å². The normalized spacial score (nSPS) is 12.3. The van der Waals surface area contributed by atoms with Gasteiger partial charge < -0.3 is 14.6 Å². The molecule has 1 atom stereocenters. The summed E-state index contributed by atoms with van der Waals surface area (Å²) in [6.07, 6.45) is -2.71. The summed E-state index contributed by atoms with van der Waals surface area (Å²) in [5.74, 6) is -0.367. The largest absolute Gasteiger partial charge is 0.515 e. The second kappa shape index (κ2) is 7.79. The van der Waals surface area contributed by atoms with Crippen LogP contribution in [0.25, 0.3) is 0 Å². The van der Waals surface area contributed by atoms with E-state index in [1.165, 1.54) is 0 Å². The van der Waals surface area contributed by atoms with Crippen LogP contribution in [0.4, 0.5) is 4.79 Å². The molecule has 0 fully saturated rings. The van der Waals surface area contributed by atoms with Gasteiger partial charge in [0, 0.05) is 0 Å². The van der Waals surface area contributed by atoms with Gasteiger partial charge in [0.25, 0.3) is 0 Å². The van der Waals surface area contributed by atoms with E-state index in [2.05, 4.69) is 0 Å². The molecule has 0 saturated heterocycles. The lowest BCUT2D eigenvalue weighted by Gasteiger charge is -2.19. The van der Waals surface area contributed by atoms with E-state index in [0.29, 0.717) is 5.75 Å². The molecule has 6 nitrogen and oxygen atoms in total. The summed E-state index contributed by atoms with van der Waals surface area (Å²) < 4.78 is 10.1. The Balaban J connectivity index is 2.95. The molecule has 1 rings (SSSR count). The Bertz CT molecular complexity index is 513. The number of carbonyl (C=O) groups is 2. The van der Waals surface area contributed by atoms with Gasteiger partial charge in [0.05, 0.1) is 6.42 Å². The monoisotopic (exact) mass is 309 g/mol. The fourth-order valence-electron chi connectivity index (χ4n) is 2.05. The third-order valence-corrected chi connectivity index (χ3v) is 3.13. The van der Waals surface area contributed by atoms with Gasteiger partial charge in [-0.05, 0) is 23.0 Å². The van der Waals surface area contributed by atoms with E-state index in [1.807, 2.05) is 45.9 Å². The van der Waals surface area contributed by atoms with Gasteiger partial charge in [-0.25, -0.2) is 4.79 Å². The van der Waals surface area contributed by atoms with Crippen molar-refractivity contribution in [2.45, 2.75) is 52.2 Å². The molecule has 22 heavy (non-hydrogen) atoms. The van der Waals surface area contributed by atoms with Crippen LogP contribution in [0.2, 0.25) is 0 Å². The predicted molar refractivity (Wildman–Crippen MR) is 82.0 cm³/mol. The van der Waals surface area contributed by atoms with Gasteiger partial charge in [-0.1, -0.05) is 45.9 Å². The molecule has 0 spiro atoms. The van der Waals surface area contributed by atoms with Crippen molar-refractivity contribution in [2.75, 3.05) is 0 Å². The Labute approximate surface area is 130 Å². The lowest BCUT2D eigenvalue weighted by Crippen LogP contribution is -2.31. The maximum Gasteiger partial charge on any atom is 0.515 e. The van der Waals surface area contributed by atoms with E-state index >= 15 is 0 Å². The molecule has 0 saturated carbocycles. The smallest absolute Gasteiger partial charge is 0.481 e. The minimum atomic E-state index is -1.24. The van der Waals surface area contributed by atoms with E-state index in [9.17, 15) is 9.59 Å². The number of carbonyl (C=O) groups excluding carboxylic acids is 1. The standard InChI is InChI=1S/C16H23NO5/c1-9(2)11-6-5-7-12(10(3)4)15(11)22-16(20)21-13(17)8-14(18)19/h5-7,9-10,13H,8,17H2,1-4H3,(H,18,19). The van der Waals surface area contributed by atoms with Gasteiger partial charge in [0.15, 0.2) is 6.23 Å². The molecule has 6 heteroatoms. The van der Waals surface area contributed by atoms with Gasteiger partial charge in [-0.3, -0.25) is 10.5 Å². The van der Waals surface area contributed by atoms with Crippen LogP contribution in [0.3, 0.4) is 0 Å². The van der Waals surface area contributed by atoms with Crippen molar-refractivity contribution in [3.05, 3.63) is 29.3 Å². The molecule has 0 heterocycles. The van der Waals surface area contributed by atoms with E-state index in [1.54, 1.807) is 0 Å². The Morgan fingerprint density at radius 2 is 1.64 bits per heavy atom. The second-order valence-electron chi connectivity index (χ2n) is 5.68. The van der Waals surface area contributed by atoms with Crippen LogP contribution in [-0.4, -0.2) is 23.5 Å². The zero-order valence-electron chi connectivity index (χ0n) is 13.3. The average molecular weight is 309 g/mol. The molecule has 0 aliphatic heterocycles. The number of ether oxygens (including phenoxy) is 2. The van der Waals surface area contributed by atoms with Crippen molar-refractivity contribution in [3.8, 4) is 5.75 Å². The maximum absolute atomic E-state index is 11.8. The molecule has 3 N–H and O–H groups in total. The van der Waals surface area contributed by atoms with Gasteiger partial charge >= 0.3 is 12.1 Å². The highest BCUT2D eigenvalue weighted by Gasteiger charge is 2.21. The number of aliphatic carboxylic acids is 1. The highest BCUT2D eigenvalue weighted by Crippen LogP contribution is 2.34. The van der Waals surface area contributed by atoms with Crippen molar-refractivity contribution in [3.63, 3.8) is 0 Å². The second-order valence-corrected chi connectivity index (χ2v) is 5.68. The first-order chi connectivity index (χ1) is 10.2. The zero-order valence-corrected chi connectivity index (χ0v) is 13.3. The fourth-order valence-corrected chi connectivity index (χ4v) is 2.05. The number of rotatable bonds is 6. The van der Waals surface area contributed by atoms with Crippen LogP contribution in [0.15, 0.2) is 18.2 Å². The topological polar surface area (TPSA) is 98.9 Å². The zero-order chi connectivity index (χ0) is 16.9. The Kier molecular flexibility index (Phi) is 6.37. The van der Waals surface area contributed by atoms with E-state index in [-0.39, 0.29) is 11.8 Å². The van der Waals surface area contributed by atoms with Crippen molar-refractivity contribution in [1.82, 2.24) is 0 Å². The van der Waals surface area contributed by atoms with Crippen LogP contribution >= 0.6 is 0 Å². The summed E-state index contributed by atoms with van der Waals surface area (Å²) in [6, 6.07) is 5.69.